The van der Waals surface area contributed by atoms with Crippen molar-refractivity contribution in [3.05, 3.63) is 59.4 Å². The molecule has 0 saturated carbocycles. The fourth-order valence-electron chi connectivity index (χ4n) is 2.37. The molecule has 0 aliphatic heterocycles. The highest BCUT2D eigenvalue weighted by Crippen LogP contribution is 2.29. The predicted molar refractivity (Wildman–Crippen MR) is 87.9 cm³/mol. The third-order valence-electron chi connectivity index (χ3n) is 3.37. The number of benzene rings is 1. The van der Waals surface area contributed by atoms with E-state index in [1.807, 2.05) is 28.8 Å². The molecular formula is C17H15ClN2O3. The lowest BCUT2D eigenvalue weighted by Gasteiger charge is -2.10. The minimum atomic E-state index is -0.725. The lowest BCUT2D eigenvalue weighted by Crippen LogP contribution is -2.13. The van der Waals surface area contributed by atoms with E-state index in [2.05, 4.69) is 4.98 Å². The molecule has 0 fully saturated rings. The van der Waals surface area contributed by atoms with Crippen LogP contribution in [0.25, 0.3) is 10.9 Å². The lowest BCUT2D eigenvalue weighted by molar-refractivity contribution is 0.101. The van der Waals surface area contributed by atoms with E-state index in [4.69, 9.17) is 21.1 Å². The summed E-state index contributed by atoms with van der Waals surface area (Å²) in [5, 5.41) is 1.52. The van der Waals surface area contributed by atoms with Gasteiger partial charge in [0.25, 0.3) is 0 Å². The topological polar surface area (TPSA) is 53.4 Å². The Bertz CT molecular complexity index is 830. The highest BCUT2D eigenvalue weighted by molar-refractivity contribution is 6.31. The Labute approximate surface area is 138 Å². The molecule has 5 nitrogen and oxygen atoms in total. The van der Waals surface area contributed by atoms with Crippen molar-refractivity contribution >= 4 is 28.7 Å². The second kappa shape index (κ2) is 6.71. The zero-order valence-electron chi connectivity index (χ0n) is 12.5. The maximum Gasteiger partial charge on any atom is 0.515 e. The van der Waals surface area contributed by atoms with E-state index in [-0.39, 0.29) is 6.61 Å². The van der Waals surface area contributed by atoms with Crippen LogP contribution in [0.2, 0.25) is 5.02 Å². The van der Waals surface area contributed by atoms with Crippen LogP contribution in [0.5, 0.6) is 5.88 Å². The summed E-state index contributed by atoms with van der Waals surface area (Å²) in [4.78, 5) is 15.7. The molecule has 6 heteroatoms. The minimum Gasteiger partial charge on any atom is -0.434 e. The van der Waals surface area contributed by atoms with Crippen molar-refractivity contribution < 1.29 is 14.3 Å². The molecule has 0 amide bonds. The molecule has 2 aromatic heterocycles. The average molecular weight is 331 g/mol. The largest absolute Gasteiger partial charge is 0.515 e. The summed E-state index contributed by atoms with van der Waals surface area (Å²) in [6.07, 6.45) is 2.73. The predicted octanol–water partition coefficient (Wildman–Crippen LogP) is 4.27. The van der Waals surface area contributed by atoms with Crippen molar-refractivity contribution in [3.63, 3.8) is 0 Å². The van der Waals surface area contributed by atoms with Crippen LogP contribution in [0.3, 0.4) is 0 Å². The molecule has 0 aliphatic rings. The first kappa shape index (κ1) is 15.4. The summed E-state index contributed by atoms with van der Waals surface area (Å²) in [7, 11) is 0. The van der Waals surface area contributed by atoms with Gasteiger partial charge in [-0.25, -0.2) is 4.79 Å². The van der Waals surface area contributed by atoms with E-state index in [1.54, 1.807) is 31.5 Å². The number of fused-ring (bicyclic) bond motifs is 1. The van der Waals surface area contributed by atoms with E-state index in [1.165, 1.54) is 0 Å². The molecule has 0 radical (unpaired) electrons. The van der Waals surface area contributed by atoms with Crippen LogP contribution in [-0.4, -0.2) is 22.3 Å². The van der Waals surface area contributed by atoms with Gasteiger partial charge in [-0.2, -0.15) is 0 Å². The summed E-state index contributed by atoms with van der Waals surface area (Å²) >= 11 is 6.05. The highest BCUT2D eigenvalue weighted by Gasteiger charge is 2.15. The molecule has 1 aromatic carbocycles. The second-order valence-electron chi connectivity index (χ2n) is 4.91. The summed E-state index contributed by atoms with van der Waals surface area (Å²) < 4.78 is 12.1. The first-order valence-electron chi connectivity index (χ1n) is 7.19. The first-order chi connectivity index (χ1) is 11.2. The monoisotopic (exact) mass is 330 g/mol. The fourth-order valence-corrected chi connectivity index (χ4v) is 2.55. The van der Waals surface area contributed by atoms with Crippen LogP contribution >= 0.6 is 11.6 Å². The SMILES string of the molecule is CCOC(=O)Oc1cc2cc(Cl)ccc2n1Cc1ccncc1. The summed E-state index contributed by atoms with van der Waals surface area (Å²) in [6.45, 7) is 2.53. The number of hydrogen-bond donors (Lipinski definition) is 0. The molecule has 0 N–H and O–H groups in total. The number of carbonyl (C=O) groups is 1. The number of pyridine rings is 1. The van der Waals surface area contributed by atoms with E-state index in [0.717, 1.165) is 16.5 Å². The number of aromatic nitrogens is 2. The van der Waals surface area contributed by atoms with Gasteiger partial charge in [-0.05, 0) is 42.8 Å². The molecule has 23 heavy (non-hydrogen) atoms. The average Bonchev–Trinajstić information content (AvgIpc) is 2.85. The highest BCUT2D eigenvalue weighted by atomic mass is 35.5. The zero-order valence-corrected chi connectivity index (χ0v) is 13.3. The number of rotatable bonds is 4. The Kier molecular flexibility index (Phi) is 4.48. The number of ether oxygens (including phenoxy) is 2. The van der Waals surface area contributed by atoms with Gasteiger partial charge in [0.05, 0.1) is 18.7 Å². The second-order valence-corrected chi connectivity index (χ2v) is 5.35. The van der Waals surface area contributed by atoms with Gasteiger partial charge in [0.1, 0.15) is 0 Å². The minimum absolute atomic E-state index is 0.259. The molecular weight excluding hydrogens is 316 g/mol. The van der Waals surface area contributed by atoms with Gasteiger partial charge in [0.2, 0.25) is 5.88 Å². The Morgan fingerprint density at radius 1 is 1.22 bits per heavy atom. The number of nitrogens with zero attached hydrogens (tertiary/aromatic N) is 2. The third kappa shape index (κ3) is 3.46. The molecule has 0 bridgehead atoms. The van der Waals surface area contributed by atoms with E-state index in [9.17, 15) is 4.79 Å². The zero-order chi connectivity index (χ0) is 16.2. The van der Waals surface area contributed by atoms with Crippen LogP contribution < -0.4 is 4.74 Å². The standard InChI is InChI=1S/C17H15ClN2O3/c1-2-22-17(21)23-16-10-13-9-14(18)3-4-15(13)20(16)11-12-5-7-19-8-6-12/h3-10H,2,11H2,1H3. The number of carbonyl (C=O) groups excluding carboxylic acids is 1. The molecule has 0 aliphatic carbocycles. The van der Waals surface area contributed by atoms with Crippen molar-refractivity contribution in [2.45, 2.75) is 13.5 Å². The van der Waals surface area contributed by atoms with E-state index >= 15 is 0 Å². The number of halogens is 1. The quantitative estimate of drug-likeness (QED) is 0.670. The molecule has 0 spiro atoms. The van der Waals surface area contributed by atoms with Crippen LogP contribution in [0, 0.1) is 0 Å². The van der Waals surface area contributed by atoms with E-state index in [0.29, 0.717) is 17.4 Å². The third-order valence-corrected chi connectivity index (χ3v) is 3.60. The Morgan fingerprint density at radius 3 is 2.74 bits per heavy atom. The maximum atomic E-state index is 11.7. The summed E-state index contributed by atoms with van der Waals surface area (Å²) in [6, 6.07) is 11.1. The van der Waals surface area contributed by atoms with Crippen LogP contribution in [0.15, 0.2) is 48.8 Å². The van der Waals surface area contributed by atoms with Crippen molar-refractivity contribution in [2.75, 3.05) is 6.61 Å². The molecule has 0 atom stereocenters. The summed E-state index contributed by atoms with van der Waals surface area (Å²) in [5.41, 5.74) is 1.96. The van der Waals surface area contributed by atoms with Gasteiger partial charge >= 0.3 is 6.16 Å². The van der Waals surface area contributed by atoms with Gasteiger partial charge in [-0.3, -0.25) is 4.98 Å². The van der Waals surface area contributed by atoms with Crippen molar-refractivity contribution in [2.24, 2.45) is 0 Å². The van der Waals surface area contributed by atoms with Crippen molar-refractivity contribution in [1.29, 1.82) is 0 Å². The lowest BCUT2D eigenvalue weighted by atomic mass is 10.2. The normalized spacial score (nSPS) is 10.7. The van der Waals surface area contributed by atoms with Crippen molar-refractivity contribution in [1.82, 2.24) is 9.55 Å². The van der Waals surface area contributed by atoms with E-state index < -0.39 is 6.16 Å². The molecule has 3 rings (SSSR count). The molecule has 3 aromatic rings. The Balaban J connectivity index is 2.02. The summed E-state index contributed by atoms with van der Waals surface area (Å²) in [5.74, 6) is 0.414. The maximum absolute atomic E-state index is 11.7. The smallest absolute Gasteiger partial charge is 0.434 e. The first-order valence-corrected chi connectivity index (χ1v) is 7.57. The molecule has 118 valence electrons. The van der Waals surface area contributed by atoms with Crippen molar-refractivity contribution in [3.8, 4) is 5.88 Å². The molecule has 0 saturated heterocycles. The van der Waals surface area contributed by atoms with Gasteiger partial charge < -0.3 is 14.0 Å². The van der Waals surface area contributed by atoms with Gasteiger partial charge in [0, 0.05) is 28.9 Å². The Morgan fingerprint density at radius 2 is 2.00 bits per heavy atom. The van der Waals surface area contributed by atoms with Gasteiger partial charge in [-0.15, -0.1) is 0 Å². The van der Waals surface area contributed by atoms with Crippen LogP contribution in [0.4, 0.5) is 4.79 Å². The van der Waals surface area contributed by atoms with Crippen LogP contribution in [0.1, 0.15) is 12.5 Å². The Hall–Kier alpha value is -2.53. The van der Waals surface area contributed by atoms with Gasteiger partial charge in [0.15, 0.2) is 0 Å². The van der Waals surface area contributed by atoms with Gasteiger partial charge in [-0.1, -0.05) is 11.6 Å². The van der Waals surface area contributed by atoms with Crippen LogP contribution in [-0.2, 0) is 11.3 Å². The molecule has 0 unspecified atom stereocenters. The molecule has 2 heterocycles. The fraction of sp³-hybridized carbons (Fsp3) is 0.176. The number of hydrogen-bond acceptors (Lipinski definition) is 4.